The number of aromatic amines is 1. The van der Waals surface area contributed by atoms with Crippen LogP contribution in [0.5, 0.6) is 11.5 Å². The number of nitrogens with one attached hydrogen (secondary N) is 2. The minimum Gasteiger partial charge on any atom is -0.493 e. The molecule has 4 heterocycles. The first-order chi connectivity index (χ1) is 19.9. The normalized spacial score (nSPS) is 13.9. The van der Waals surface area contributed by atoms with E-state index >= 15 is 0 Å². The van der Waals surface area contributed by atoms with E-state index in [0.717, 1.165) is 44.5 Å². The summed E-state index contributed by atoms with van der Waals surface area (Å²) in [6.07, 6.45) is 6.80. The number of benzene rings is 1. The number of ether oxygens (including phenoxy) is 2. The summed E-state index contributed by atoms with van der Waals surface area (Å²) in [5, 5.41) is 13.5. The van der Waals surface area contributed by atoms with E-state index in [4.69, 9.17) is 19.7 Å². The molecule has 1 aromatic carbocycles. The van der Waals surface area contributed by atoms with Crippen LogP contribution in [0.2, 0.25) is 0 Å². The van der Waals surface area contributed by atoms with Crippen LogP contribution in [-0.4, -0.2) is 61.2 Å². The van der Waals surface area contributed by atoms with Crippen LogP contribution < -0.4 is 25.4 Å². The average molecular weight is 561 g/mol. The van der Waals surface area contributed by atoms with Gasteiger partial charge < -0.3 is 19.4 Å². The molecule has 3 aromatic heterocycles. The molecule has 216 valence electrons. The zero-order valence-electron chi connectivity index (χ0n) is 23.7. The summed E-state index contributed by atoms with van der Waals surface area (Å²) in [7, 11) is 1.76. The maximum Gasteiger partial charge on any atom is 0.277 e. The molecule has 0 spiro atoms. The van der Waals surface area contributed by atoms with E-state index in [2.05, 4.69) is 38.5 Å². The largest absolute Gasteiger partial charge is 0.493 e. The number of aryl methyl sites for hydroxylation is 2. The molecule has 41 heavy (non-hydrogen) atoms. The van der Waals surface area contributed by atoms with Crippen molar-refractivity contribution in [2.75, 3.05) is 31.2 Å². The number of aromatic nitrogens is 6. The van der Waals surface area contributed by atoms with Gasteiger partial charge in [0.2, 0.25) is 5.95 Å². The van der Waals surface area contributed by atoms with Crippen LogP contribution in [0.4, 0.5) is 5.95 Å². The second-order valence-corrected chi connectivity index (χ2v) is 10.1. The molecule has 12 heteroatoms. The molecule has 1 aliphatic rings. The highest BCUT2D eigenvalue weighted by Crippen LogP contribution is 2.33. The van der Waals surface area contributed by atoms with E-state index in [1.54, 1.807) is 24.1 Å². The quantitative estimate of drug-likeness (QED) is 0.232. The Labute approximate surface area is 238 Å². The summed E-state index contributed by atoms with van der Waals surface area (Å²) in [6, 6.07) is 5.63. The van der Waals surface area contributed by atoms with E-state index in [1.807, 2.05) is 30.6 Å². The SMILES string of the molecule is C=C(NO)c1cnc(N2CCC(COc3ccc(OCC)c(-c4nc5c(CCC)nn(C)c5c(=O)[nH]4)c3)CC2)nc1. The molecule has 0 unspecified atom stereocenters. The van der Waals surface area contributed by atoms with Crippen LogP contribution in [0.15, 0.2) is 42.0 Å². The fraction of sp³-hybridized carbons (Fsp3) is 0.414. The summed E-state index contributed by atoms with van der Waals surface area (Å²) in [5.74, 6) is 2.77. The summed E-state index contributed by atoms with van der Waals surface area (Å²) < 4.78 is 13.7. The van der Waals surface area contributed by atoms with E-state index < -0.39 is 0 Å². The fourth-order valence-electron chi connectivity index (χ4n) is 5.06. The third-order valence-electron chi connectivity index (χ3n) is 7.26. The van der Waals surface area contributed by atoms with Crippen molar-refractivity contribution in [3.05, 3.63) is 58.8 Å². The highest BCUT2D eigenvalue weighted by molar-refractivity contribution is 5.80. The summed E-state index contributed by atoms with van der Waals surface area (Å²) in [5.41, 5.74) is 5.32. The number of fused-ring (bicyclic) bond motifs is 1. The first-order valence-electron chi connectivity index (χ1n) is 13.9. The topological polar surface area (TPSA) is 143 Å². The molecular weight excluding hydrogens is 524 g/mol. The zero-order chi connectivity index (χ0) is 28.9. The molecule has 5 rings (SSSR count). The Bertz CT molecular complexity index is 1570. The fourth-order valence-corrected chi connectivity index (χ4v) is 5.06. The molecule has 1 aliphatic heterocycles. The molecule has 1 fully saturated rings. The molecule has 1 saturated heterocycles. The lowest BCUT2D eigenvalue weighted by atomic mass is 9.98. The maximum absolute atomic E-state index is 13.0. The number of piperidine rings is 1. The number of rotatable bonds is 11. The summed E-state index contributed by atoms with van der Waals surface area (Å²) in [6.45, 7) is 10.4. The van der Waals surface area contributed by atoms with Gasteiger partial charge in [-0.1, -0.05) is 19.9 Å². The molecule has 0 radical (unpaired) electrons. The van der Waals surface area contributed by atoms with Crippen LogP contribution in [0.25, 0.3) is 28.1 Å². The Kier molecular flexibility index (Phi) is 8.48. The van der Waals surface area contributed by atoms with Crippen molar-refractivity contribution >= 4 is 22.7 Å². The predicted molar refractivity (Wildman–Crippen MR) is 156 cm³/mol. The van der Waals surface area contributed by atoms with Gasteiger partial charge in [0.25, 0.3) is 5.56 Å². The molecule has 4 aromatic rings. The van der Waals surface area contributed by atoms with E-state index in [-0.39, 0.29) is 5.56 Å². The highest BCUT2D eigenvalue weighted by Gasteiger charge is 2.22. The third-order valence-corrected chi connectivity index (χ3v) is 7.26. The van der Waals surface area contributed by atoms with Gasteiger partial charge in [-0.05, 0) is 50.3 Å². The van der Waals surface area contributed by atoms with Gasteiger partial charge in [0.05, 0.1) is 30.2 Å². The minimum absolute atomic E-state index is 0.239. The number of hydrogen-bond acceptors (Lipinski definition) is 10. The van der Waals surface area contributed by atoms with Crippen molar-refractivity contribution in [1.82, 2.24) is 35.2 Å². The monoisotopic (exact) mass is 560 g/mol. The van der Waals surface area contributed by atoms with Gasteiger partial charge in [-0.15, -0.1) is 0 Å². The van der Waals surface area contributed by atoms with E-state index in [1.165, 1.54) is 0 Å². The standard InChI is InChI=1S/C29H36N8O4/c1-5-7-23-25-26(36(4)34-23)28(38)33-27(32-25)22-14-21(8-9-24(22)40-6-2)41-17-19-10-12-37(13-11-19)29-30-15-20(16-31-29)18(3)35-39/h8-9,14-16,19,35,39H,3,5-7,10-13,17H2,1-2,4H3,(H,32,33,38). The van der Waals surface area contributed by atoms with Gasteiger partial charge in [-0.3, -0.25) is 20.2 Å². The van der Waals surface area contributed by atoms with Crippen molar-refractivity contribution in [2.45, 2.75) is 39.5 Å². The van der Waals surface area contributed by atoms with Gasteiger partial charge in [-0.25, -0.2) is 15.0 Å². The van der Waals surface area contributed by atoms with Crippen molar-refractivity contribution in [3.63, 3.8) is 0 Å². The Morgan fingerprint density at radius 2 is 1.95 bits per heavy atom. The molecular formula is C29H36N8O4. The first-order valence-corrected chi connectivity index (χ1v) is 13.9. The minimum atomic E-state index is -0.239. The van der Waals surface area contributed by atoms with Crippen molar-refractivity contribution in [2.24, 2.45) is 13.0 Å². The first kappa shape index (κ1) is 28.1. The number of hydroxylamine groups is 1. The molecule has 0 bridgehead atoms. The van der Waals surface area contributed by atoms with E-state index in [0.29, 0.717) is 70.3 Å². The Morgan fingerprint density at radius 3 is 2.63 bits per heavy atom. The average Bonchev–Trinajstić information content (AvgIpc) is 3.32. The molecule has 0 saturated carbocycles. The lowest BCUT2D eigenvalue weighted by molar-refractivity contribution is 0.222. The van der Waals surface area contributed by atoms with Crippen molar-refractivity contribution < 1.29 is 14.7 Å². The maximum atomic E-state index is 13.0. The van der Waals surface area contributed by atoms with Crippen LogP contribution >= 0.6 is 0 Å². The van der Waals surface area contributed by atoms with Gasteiger partial charge in [0, 0.05) is 38.1 Å². The van der Waals surface area contributed by atoms with Gasteiger partial charge in [0.1, 0.15) is 22.8 Å². The zero-order valence-corrected chi connectivity index (χ0v) is 23.7. The second kappa shape index (κ2) is 12.4. The Morgan fingerprint density at radius 1 is 1.20 bits per heavy atom. The Hall–Kier alpha value is -4.45. The smallest absolute Gasteiger partial charge is 0.277 e. The number of H-pyrrole nitrogens is 1. The molecule has 0 aliphatic carbocycles. The number of nitrogens with zero attached hydrogens (tertiary/aromatic N) is 6. The lowest BCUT2D eigenvalue weighted by Gasteiger charge is -2.31. The van der Waals surface area contributed by atoms with Crippen LogP contribution in [0, 0.1) is 5.92 Å². The summed E-state index contributed by atoms with van der Waals surface area (Å²) >= 11 is 0. The number of anilines is 1. The second-order valence-electron chi connectivity index (χ2n) is 10.1. The van der Waals surface area contributed by atoms with Crippen molar-refractivity contribution in [3.8, 4) is 22.9 Å². The lowest BCUT2D eigenvalue weighted by Crippen LogP contribution is -2.36. The summed E-state index contributed by atoms with van der Waals surface area (Å²) in [4.78, 5) is 31.8. The van der Waals surface area contributed by atoms with Crippen molar-refractivity contribution in [1.29, 1.82) is 0 Å². The highest BCUT2D eigenvalue weighted by atomic mass is 16.5. The third kappa shape index (κ3) is 6.02. The van der Waals surface area contributed by atoms with Gasteiger partial charge in [0.15, 0.2) is 5.52 Å². The van der Waals surface area contributed by atoms with Crippen LogP contribution in [0.1, 0.15) is 44.4 Å². The van der Waals surface area contributed by atoms with Crippen LogP contribution in [-0.2, 0) is 13.5 Å². The predicted octanol–water partition coefficient (Wildman–Crippen LogP) is 3.71. The Balaban J connectivity index is 1.29. The molecule has 0 atom stereocenters. The molecule has 3 N–H and O–H groups in total. The molecule has 12 nitrogen and oxygen atoms in total. The number of hydrogen-bond donors (Lipinski definition) is 3. The van der Waals surface area contributed by atoms with E-state index in [9.17, 15) is 4.79 Å². The van der Waals surface area contributed by atoms with Gasteiger partial charge >= 0.3 is 0 Å². The van der Waals surface area contributed by atoms with Crippen LogP contribution in [0.3, 0.4) is 0 Å². The molecule has 0 amide bonds. The van der Waals surface area contributed by atoms with Gasteiger partial charge in [-0.2, -0.15) is 5.10 Å².